The number of carbonyl (C=O) groups is 1. The fourth-order valence-corrected chi connectivity index (χ4v) is 2.70. The minimum atomic E-state index is -0.124. The average Bonchev–Trinajstić information content (AvgIpc) is 3.09. The van der Waals surface area contributed by atoms with Gasteiger partial charge in [0.15, 0.2) is 5.65 Å². The first-order valence-electron chi connectivity index (χ1n) is 7.60. The Kier molecular flexibility index (Phi) is 3.85. The number of pyridine rings is 1. The van der Waals surface area contributed by atoms with Crippen LogP contribution in [0.25, 0.3) is 11.0 Å². The van der Waals surface area contributed by atoms with E-state index in [9.17, 15) is 4.79 Å². The van der Waals surface area contributed by atoms with E-state index < -0.39 is 0 Å². The number of nitrogens with one attached hydrogen (secondary N) is 1. The van der Waals surface area contributed by atoms with E-state index in [4.69, 9.17) is 0 Å². The Morgan fingerprint density at radius 1 is 1.35 bits per heavy atom. The van der Waals surface area contributed by atoms with Crippen molar-refractivity contribution in [3.8, 4) is 0 Å². The Morgan fingerprint density at radius 3 is 2.83 bits per heavy atom. The van der Waals surface area contributed by atoms with E-state index in [1.807, 2.05) is 44.8 Å². The minimum absolute atomic E-state index is 0.124. The maximum atomic E-state index is 12.6. The summed E-state index contributed by atoms with van der Waals surface area (Å²) in [5.74, 6) is -0.124. The number of hydrogen-bond donors (Lipinski definition) is 1. The smallest absolute Gasteiger partial charge is 0.252 e. The molecule has 0 radical (unpaired) electrons. The summed E-state index contributed by atoms with van der Waals surface area (Å²) in [6, 6.07) is 1.81. The molecule has 0 saturated heterocycles. The highest BCUT2D eigenvalue weighted by Gasteiger charge is 2.17. The van der Waals surface area contributed by atoms with E-state index >= 15 is 0 Å². The molecule has 0 fully saturated rings. The van der Waals surface area contributed by atoms with Gasteiger partial charge in [0.05, 0.1) is 22.8 Å². The van der Waals surface area contributed by atoms with Crippen LogP contribution in [0.3, 0.4) is 0 Å². The zero-order valence-corrected chi connectivity index (χ0v) is 13.8. The Bertz CT molecular complexity index is 876. The number of nitrogens with zero attached hydrogens (tertiary/aromatic N) is 5. The molecule has 0 aromatic carbocycles. The van der Waals surface area contributed by atoms with E-state index in [0.717, 1.165) is 34.5 Å². The van der Waals surface area contributed by atoms with Crippen LogP contribution >= 0.6 is 0 Å². The van der Waals surface area contributed by atoms with Gasteiger partial charge in [0.25, 0.3) is 5.91 Å². The molecule has 0 aliphatic carbocycles. The van der Waals surface area contributed by atoms with E-state index in [2.05, 4.69) is 20.5 Å². The molecule has 120 valence electrons. The monoisotopic (exact) mass is 312 g/mol. The molecule has 0 aliphatic rings. The van der Waals surface area contributed by atoms with Crippen molar-refractivity contribution >= 4 is 16.9 Å². The first-order valence-corrected chi connectivity index (χ1v) is 7.60. The molecule has 23 heavy (non-hydrogen) atoms. The maximum absolute atomic E-state index is 12.6. The lowest BCUT2D eigenvalue weighted by Gasteiger charge is -2.07. The van der Waals surface area contributed by atoms with Crippen molar-refractivity contribution in [2.45, 2.75) is 33.9 Å². The van der Waals surface area contributed by atoms with Gasteiger partial charge in [-0.05, 0) is 26.8 Å². The van der Waals surface area contributed by atoms with Gasteiger partial charge < -0.3 is 5.32 Å². The van der Waals surface area contributed by atoms with Gasteiger partial charge in [-0.25, -0.2) is 4.98 Å². The normalized spacial score (nSPS) is 11.1. The molecule has 7 nitrogen and oxygen atoms in total. The van der Waals surface area contributed by atoms with Crippen molar-refractivity contribution in [1.82, 2.24) is 29.9 Å². The van der Waals surface area contributed by atoms with Crippen LogP contribution in [0.15, 0.2) is 18.5 Å². The van der Waals surface area contributed by atoms with Gasteiger partial charge in [-0.1, -0.05) is 0 Å². The van der Waals surface area contributed by atoms with E-state index in [1.54, 1.807) is 10.9 Å². The first-order chi connectivity index (χ1) is 11.0. The summed E-state index contributed by atoms with van der Waals surface area (Å²) >= 11 is 0. The van der Waals surface area contributed by atoms with Crippen molar-refractivity contribution in [3.05, 3.63) is 41.0 Å². The Morgan fingerprint density at radius 2 is 2.13 bits per heavy atom. The van der Waals surface area contributed by atoms with Crippen LogP contribution in [0.4, 0.5) is 0 Å². The highest BCUT2D eigenvalue weighted by Crippen LogP contribution is 2.21. The second-order valence-corrected chi connectivity index (χ2v) is 5.61. The van der Waals surface area contributed by atoms with E-state index in [1.165, 1.54) is 0 Å². The second kappa shape index (κ2) is 5.83. The summed E-state index contributed by atoms with van der Waals surface area (Å²) in [4.78, 5) is 17.1. The first kappa shape index (κ1) is 15.2. The largest absolute Gasteiger partial charge is 0.348 e. The standard InChI is InChI=1S/C16H20N6O/c1-5-22-9-12(8-18-22)7-17-16(23)13-6-10(2)19-15-14(13)11(3)20-21(15)4/h6,8-9H,5,7H2,1-4H3,(H,17,23). The van der Waals surface area contributed by atoms with Gasteiger partial charge in [0.1, 0.15) is 0 Å². The van der Waals surface area contributed by atoms with Crippen molar-refractivity contribution in [3.63, 3.8) is 0 Å². The summed E-state index contributed by atoms with van der Waals surface area (Å²) in [5.41, 5.74) is 3.92. The number of fused-ring (bicyclic) bond motifs is 1. The maximum Gasteiger partial charge on any atom is 0.252 e. The number of aryl methyl sites for hydroxylation is 4. The van der Waals surface area contributed by atoms with Crippen LogP contribution in [0.1, 0.15) is 34.2 Å². The zero-order valence-electron chi connectivity index (χ0n) is 13.8. The lowest BCUT2D eigenvalue weighted by Crippen LogP contribution is -2.23. The summed E-state index contributed by atoms with van der Waals surface area (Å²) in [7, 11) is 1.84. The summed E-state index contributed by atoms with van der Waals surface area (Å²) < 4.78 is 3.54. The molecule has 3 aromatic rings. The van der Waals surface area contributed by atoms with E-state index in [0.29, 0.717) is 12.1 Å². The lowest BCUT2D eigenvalue weighted by molar-refractivity contribution is 0.0952. The van der Waals surface area contributed by atoms with Crippen LogP contribution in [-0.4, -0.2) is 30.5 Å². The van der Waals surface area contributed by atoms with Gasteiger partial charge in [0.2, 0.25) is 0 Å². The quantitative estimate of drug-likeness (QED) is 0.796. The van der Waals surface area contributed by atoms with Crippen molar-refractivity contribution in [2.24, 2.45) is 7.05 Å². The van der Waals surface area contributed by atoms with Crippen LogP contribution in [-0.2, 0) is 20.1 Å². The number of amides is 1. The topological polar surface area (TPSA) is 77.6 Å². The zero-order chi connectivity index (χ0) is 16.6. The molecule has 3 aromatic heterocycles. The SMILES string of the molecule is CCn1cc(CNC(=O)c2cc(C)nc3c2c(C)nn3C)cn1. The fourth-order valence-electron chi connectivity index (χ4n) is 2.70. The van der Waals surface area contributed by atoms with Crippen molar-refractivity contribution in [2.75, 3.05) is 0 Å². The Balaban J connectivity index is 1.88. The number of carbonyl (C=O) groups excluding carboxylic acids is 1. The number of rotatable bonds is 4. The Hall–Kier alpha value is -2.70. The van der Waals surface area contributed by atoms with Gasteiger partial charge in [-0.3, -0.25) is 14.2 Å². The predicted octanol–water partition coefficient (Wildman–Crippen LogP) is 1.73. The summed E-state index contributed by atoms with van der Waals surface area (Å²) in [6.07, 6.45) is 3.70. The van der Waals surface area contributed by atoms with Gasteiger partial charge >= 0.3 is 0 Å². The van der Waals surface area contributed by atoms with Crippen molar-refractivity contribution in [1.29, 1.82) is 0 Å². The lowest BCUT2D eigenvalue weighted by atomic mass is 10.1. The molecule has 0 aliphatic heterocycles. The molecule has 1 amide bonds. The molecule has 3 heterocycles. The third kappa shape index (κ3) is 2.81. The second-order valence-electron chi connectivity index (χ2n) is 5.61. The molecule has 3 rings (SSSR count). The van der Waals surface area contributed by atoms with Crippen LogP contribution in [0.5, 0.6) is 0 Å². The summed E-state index contributed by atoms with van der Waals surface area (Å²) in [5, 5.41) is 12.3. The van der Waals surface area contributed by atoms with E-state index in [-0.39, 0.29) is 5.91 Å². The minimum Gasteiger partial charge on any atom is -0.348 e. The van der Waals surface area contributed by atoms with Crippen LogP contribution in [0, 0.1) is 13.8 Å². The number of hydrogen-bond acceptors (Lipinski definition) is 4. The highest BCUT2D eigenvalue weighted by molar-refractivity contribution is 6.06. The molecule has 7 heteroatoms. The highest BCUT2D eigenvalue weighted by atomic mass is 16.1. The summed E-state index contributed by atoms with van der Waals surface area (Å²) in [6.45, 7) is 7.05. The predicted molar refractivity (Wildman–Crippen MR) is 87.1 cm³/mol. The Labute approximate surface area is 134 Å². The molecule has 0 atom stereocenters. The van der Waals surface area contributed by atoms with Gasteiger partial charge in [-0.15, -0.1) is 0 Å². The van der Waals surface area contributed by atoms with Crippen molar-refractivity contribution < 1.29 is 4.79 Å². The molecule has 0 spiro atoms. The molecule has 0 saturated carbocycles. The van der Waals surface area contributed by atoms with Crippen LogP contribution < -0.4 is 5.32 Å². The third-order valence-electron chi connectivity index (χ3n) is 3.81. The molecular formula is C16H20N6O. The molecule has 1 N–H and O–H groups in total. The average molecular weight is 312 g/mol. The van der Waals surface area contributed by atoms with Gasteiger partial charge in [-0.2, -0.15) is 10.2 Å². The molecule has 0 bridgehead atoms. The molecule has 0 unspecified atom stereocenters. The van der Waals surface area contributed by atoms with Crippen LogP contribution in [0.2, 0.25) is 0 Å². The fraction of sp³-hybridized carbons (Fsp3) is 0.375. The van der Waals surface area contributed by atoms with Gasteiger partial charge in [0, 0.05) is 37.6 Å². The third-order valence-corrected chi connectivity index (χ3v) is 3.81. The number of aromatic nitrogens is 5. The molecular weight excluding hydrogens is 292 g/mol.